The van der Waals surface area contributed by atoms with Crippen LogP contribution in [0, 0.1) is 11.2 Å². The van der Waals surface area contributed by atoms with E-state index >= 15 is 0 Å². The normalized spacial score (nSPS) is 12.0. The van der Waals surface area contributed by atoms with Crippen LogP contribution in [0.3, 0.4) is 0 Å². The Kier molecular flexibility index (Phi) is 5.02. The fraction of sp³-hybridized carbons (Fsp3) is 0.200. The van der Waals surface area contributed by atoms with Crippen LogP contribution in [0.1, 0.15) is 29.9 Å². The molecule has 0 radical (unpaired) electrons. The van der Waals surface area contributed by atoms with Gasteiger partial charge >= 0.3 is 0 Å². The average Bonchev–Trinajstić information content (AvgIpc) is 3.10. The van der Waals surface area contributed by atoms with Gasteiger partial charge in [-0.15, -0.1) is 0 Å². The Morgan fingerprint density at radius 2 is 1.96 bits per heavy atom. The molecule has 3 rings (SSSR count). The van der Waals surface area contributed by atoms with Crippen LogP contribution in [0.5, 0.6) is 0 Å². The lowest BCUT2D eigenvalue weighted by Crippen LogP contribution is -2.32. The topological polar surface area (TPSA) is 79.1 Å². The lowest BCUT2D eigenvalue weighted by molar-refractivity contribution is 0.360. The largest absolute Gasteiger partial charge is 0.370 e. The van der Waals surface area contributed by atoms with Gasteiger partial charge in [0.05, 0.1) is 6.54 Å². The molecule has 0 bridgehead atoms. The molecule has 1 heterocycles. The molecule has 0 aliphatic rings. The van der Waals surface area contributed by atoms with Crippen LogP contribution in [0.2, 0.25) is 0 Å². The summed E-state index contributed by atoms with van der Waals surface area (Å²) in [5.41, 5.74) is 8.33. The van der Waals surface area contributed by atoms with Gasteiger partial charge in [-0.25, -0.2) is 4.39 Å². The second-order valence-electron chi connectivity index (χ2n) is 6.29. The Labute approximate surface area is 151 Å². The highest BCUT2D eigenvalue weighted by Gasteiger charge is 2.17. The first-order valence-corrected chi connectivity index (χ1v) is 8.31. The van der Waals surface area contributed by atoms with Crippen molar-refractivity contribution in [2.75, 3.05) is 7.05 Å². The highest BCUT2D eigenvalue weighted by molar-refractivity contribution is 5.74. The van der Waals surface area contributed by atoms with Crippen LogP contribution in [-0.2, 0) is 6.54 Å². The maximum atomic E-state index is 14.6. The minimum absolute atomic E-state index is 0.0406. The third-order valence-corrected chi connectivity index (χ3v) is 4.39. The van der Waals surface area contributed by atoms with Crippen molar-refractivity contribution in [2.24, 2.45) is 5.73 Å². The highest BCUT2D eigenvalue weighted by atomic mass is 19.1. The van der Waals surface area contributed by atoms with E-state index in [0.717, 1.165) is 11.1 Å². The molecule has 2 aromatic carbocycles. The Hall–Kier alpha value is -3.15. The van der Waals surface area contributed by atoms with Crippen LogP contribution >= 0.6 is 0 Å². The number of benzene rings is 2. The maximum Gasteiger partial charge on any atom is 0.188 e. The molecule has 1 atom stereocenters. The summed E-state index contributed by atoms with van der Waals surface area (Å²) < 4.78 is 20.0. The first-order valence-electron chi connectivity index (χ1n) is 8.31. The lowest BCUT2D eigenvalue weighted by Gasteiger charge is -2.13. The molecule has 0 spiro atoms. The van der Waals surface area contributed by atoms with E-state index < -0.39 is 0 Å². The summed E-state index contributed by atoms with van der Waals surface area (Å²) in [6.07, 6.45) is 0. The van der Waals surface area contributed by atoms with Gasteiger partial charge in [0, 0.05) is 24.6 Å². The first-order chi connectivity index (χ1) is 12.5. The fourth-order valence-electron chi connectivity index (χ4n) is 2.75. The molecule has 26 heavy (non-hydrogen) atoms. The minimum Gasteiger partial charge on any atom is -0.370 e. The molecular weight excluding hydrogens is 331 g/mol. The second-order valence-corrected chi connectivity index (χ2v) is 6.29. The van der Waals surface area contributed by atoms with Gasteiger partial charge in [-0.3, -0.25) is 5.41 Å². The van der Waals surface area contributed by atoms with E-state index in [0.29, 0.717) is 23.6 Å². The van der Waals surface area contributed by atoms with Gasteiger partial charge < -0.3 is 15.2 Å². The molecular formula is C20H21FN4O. The van der Waals surface area contributed by atoms with Crippen molar-refractivity contribution in [3.8, 4) is 11.1 Å². The number of guanidine groups is 1. The van der Waals surface area contributed by atoms with Gasteiger partial charge in [-0.2, -0.15) is 0 Å². The van der Waals surface area contributed by atoms with E-state index in [1.807, 2.05) is 49.4 Å². The molecule has 0 saturated carbocycles. The maximum absolute atomic E-state index is 14.6. The third kappa shape index (κ3) is 3.74. The van der Waals surface area contributed by atoms with Crippen LogP contribution in [0.4, 0.5) is 4.39 Å². The van der Waals surface area contributed by atoms with Crippen molar-refractivity contribution in [1.82, 2.24) is 10.1 Å². The van der Waals surface area contributed by atoms with Gasteiger partial charge in [0.1, 0.15) is 17.3 Å². The molecule has 134 valence electrons. The molecule has 0 fully saturated rings. The van der Waals surface area contributed by atoms with Gasteiger partial charge in [0.25, 0.3) is 0 Å². The summed E-state index contributed by atoms with van der Waals surface area (Å²) in [7, 11) is 1.71. The average molecular weight is 352 g/mol. The Morgan fingerprint density at radius 1 is 1.23 bits per heavy atom. The number of hydrogen-bond donors (Lipinski definition) is 2. The zero-order chi connectivity index (χ0) is 18.7. The van der Waals surface area contributed by atoms with Crippen LogP contribution < -0.4 is 5.73 Å². The summed E-state index contributed by atoms with van der Waals surface area (Å²) in [5, 5.41) is 11.4. The predicted octanol–water partition coefficient (Wildman–Crippen LogP) is 3.96. The summed E-state index contributed by atoms with van der Waals surface area (Å²) >= 11 is 0. The summed E-state index contributed by atoms with van der Waals surface area (Å²) in [4.78, 5) is 1.56. The Bertz CT molecular complexity index is 907. The van der Waals surface area contributed by atoms with Crippen molar-refractivity contribution in [3.63, 3.8) is 0 Å². The molecule has 1 aromatic heterocycles. The van der Waals surface area contributed by atoms with E-state index in [-0.39, 0.29) is 17.7 Å². The zero-order valence-electron chi connectivity index (χ0n) is 14.7. The smallest absolute Gasteiger partial charge is 0.188 e. The predicted molar refractivity (Wildman–Crippen MR) is 99.2 cm³/mol. The molecule has 0 amide bonds. The van der Waals surface area contributed by atoms with Crippen LogP contribution in [-0.4, -0.2) is 23.1 Å². The van der Waals surface area contributed by atoms with E-state index in [2.05, 4.69) is 5.16 Å². The standard InChI is InChI=1S/C20H21FN4O/c1-13(19-11-16(24-26-19)12-25(2)20(22)23)15-8-9-17(18(21)10-15)14-6-4-3-5-7-14/h3-11,13H,12H2,1-2H3,(H3,22,23). The molecule has 6 heteroatoms. The summed E-state index contributed by atoms with van der Waals surface area (Å²) in [5.74, 6) is 0.194. The highest BCUT2D eigenvalue weighted by Crippen LogP contribution is 2.29. The Balaban J connectivity index is 1.80. The van der Waals surface area contributed by atoms with Crippen molar-refractivity contribution in [3.05, 3.63) is 77.4 Å². The van der Waals surface area contributed by atoms with Crippen molar-refractivity contribution >= 4 is 5.96 Å². The lowest BCUT2D eigenvalue weighted by atomic mass is 9.95. The number of nitrogens with zero attached hydrogens (tertiary/aromatic N) is 2. The van der Waals surface area contributed by atoms with Crippen molar-refractivity contribution in [2.45, 2.75) is 19.4 Å². The third-order valence-electron chi connectivity index (χ3n) is 4.39. The van der Waals surface area contributed by atoms with Gasteiger partial charge in [-0.05, 0) is 17.2 Å². The van der Waals surface area contributed by atoms with E-state index in [4.69, 9.17) is 15.7 Å². The number of halogens is 1. The van der Waals surface area contributed by atoms with E-state index in [1.165, 1.54) is 6.07 Å². The quantitative estimate of drug-likeness (QED) is 0.538. The molecule has 5 nitrogen and oxygen atoms in total. The zero-order valence-corrected chi connectivity index (χ0v) is 14.7. The molecule has 0 aliphatic carbocycles. The Morgan fingerprint density at radius 3 is 2.62 bits per heavy atom. The van der Waals surface area contributed by atoms with Gasteiger partial charge in [-0.1, -0.05) is 54.5 Å². The fourth-order valence-corrected chi connectivity index (χ4v) is 2.75. The molecule has 3 N–H and O–H groups in total. The molecule has 1 unspecified atom stereocenters. The van der Waals surface area contributed by atoms with E-state index in [9.17, 15) is 4.39 Å². The summed E-state index contributed by atoms with van der Waals surface area (Å²) in [6.45, 7) is 2.32. The van der Waals surface area contributed by atoms with Crippen molar-refractivity contribution in [1.29, 1.82) is 5.41 Å². The number of aromatic nitrogens is 1. The van der Waals surface area contributed by atoms with Crippen molar-refractivity contribution < 1.29 is 8.91 Å². The van der Waals surface area contributed by atoms with Gasteiger partial charge in [0.2, 0.25) is 0 Å². The van der Waals surface area contributed by atoms with Gasteiger partial charge in [0.15, 0.2) is 5.96 Å². The monoisotopic (exact) mass is 352 g/mol. The molecule has 3 aromatic rings. The summed E-state index contributed by atoms with van der Waals surface area (Å²) in [6, 6.07) is 16.5. The second kappa shape index (κ2) is 7.39. The molecule has 0 saturated heterocycles. The van der Waals surface area contributed by atoms with Crippen LogP contribution in [0.15, 0.2) is 59.1 Å². The number of nitrogens with two attached hydrogens (primary N) is 1. The number of nitrogens with one attached hydrogen (secondary N) is 1. The number of rotatable bonds is 5. The molecule has 0 aliphatic heterocycles. The first kappa shape index (κ1) is 17.7. The minimum atomic E-state index is -0.267. The SMILES string of the molecule is CC(c1ccc(-c2ccccc2)c(F)c1)c1cc(CN(C)C(=N)N)no1. The number of hydrogen-bond acceptors (Lipinski definition) is 3. The van der Waals surface area contributed by atoms with Crippen LogP contribution in [0.25, 0.3) is 11.1 Å². The van der Waals surface area contributed by atoms with E-state index in [1.54, 1.807) is 18.0 Å².